The predicted molar refractivity (Wildman–Crippen MR) is 57.0 cm³/mol. The number of rotatable bonds is 2. The minimum atomic E-state index is 0.196. The summed E-state index contributed by atoms with van der Waals surface area (Å²) in [5.74, 6) is 0.196. The Kier molecular flexibility index (Phi) is 2.29. The molecule has 0 unspecified atom stereocenters. The van der Waals surface area contributed by atoms with Crippen LogP contribution in [0.1, 0.15) is 11.3 Å². The zero-order valence-corrected chi connectivity index (χ0v) is 8.38. The van der Waals surface area contributed by atoms with Gasteiger partial charge in [0.1, 0.15) is 5.84 Å². The first kappa shape index (κ1) is 9.51. The van der Waals surface area contributed by atoms with Crippen molar-refractivity contribution < 1.29 is 5.21 Å². The predicted octanol–water partition coefficient (Wildman–Crippen LogP) is 0.932. The average Bonchev–Trinajstić information content (AvgIpc) is 2.59. The Balaban J connectivity index is 2.50. The van der Waals surface area contributed by atoms with Gasteiger partial charge in [-0.1, -0.05) is 11.2 Å². The van der Waals surface area contributed by atoms with Crippen LogP contribution in [-0.2, 0) is 6.42 Å². The van der Waals surface area contributed by atoms with Crippen LogP contribution in [-0.4, -0.2) is 20.7 Å². The standard InChI is InChI=1S/C10H12N4O/c1-7-5-9-8(6-10(11)13-15)3-2-4-14(9)12-7/h2-5,15H,6H2,1H3,(H2,11,13). The summed E-state index contributed by atoms with van der Waals surface area (Å²) in [5.41, 5.74) is 8.40. The summed E-state index contributed by atoms with van der Waals surface area (Å²) in [7, 11) is 0. The van der Waals surface area contributed by atoms with Gasteiger partial charge in [-0.05, 0) is 24.6 Å². The lowest BCUT2D eigenvalue weighted by atomic mass is 10.1. The summed E-state index contributed by atoms with van der Waals surface area (Å²) in [6, 6.07) is 5.80. The average molecular weight is 204 g/mol. The molecule has 0 amide bonds. The largest absolute Gasteiger partial charge is 0.409 e. The lowest BCUT2D eigenvalue weighted by Crippen LogP contribution is -2.15. The molecule has 0 aliphatic rings. The smallest absolute Gasteiger partial charge is 0.143 e. The molecule has 0 spiro atoms. The van der Waals surface area contributed by atoms with E-state index in [1.54, 1.807) is 4.52 Å². The molecular weight excluding hydrogens is 192 g/mol. The monoisotopic (exact) mass is 204 g/mol. The highest BCUT2D eigenvalue weighted by molar-refractivity contribution is 5.84. The van der Waals surface area contributed by atoms with E-state index in [9.17, 15) is 0 Å². The van der Waals surface area contributed by atoms with Crippen LogP contribution in [0.3, 0.4) is 0 Å². The van der Waals surface area contributed by atoms with Crippen molar-refractivity contribution in [1.82, 2.24) is 9.61 Å². The number of nitrogens with zero attached hydrogens (tertiary/aromatic N) is 3. The van der Waals surface area contributed by atoms with Gasteiger partial charge in [0.2, 0.25) is 0 Å². The van der Waals surface area contributed by atoms with Crippen LogP contribution in [0.5, 0.6) is 0 Å². The number of fused-ring (bicyclic) bond motifs is 1. The van der Waals surface area contributed by atoms with Crippen LogP contribution in [0.25, 0.3) is 5.52 Å². The van der Waals surface area contributed by atoms with Gasteiger partial charge in [-0.2, -0.15) is 5.10 Å². The van der Waals surface area contributed by atoms with E-state index in [1.165, 1.54) is 0 Å². The van der Waals surface area contributed by atoms with Crippen molar-refractivity contribution in [1.29, 1.82) is 0 Å². The topological polar surface area (TPSA) is 75.9 Å². The van der Waals surface area contributed by atoms with Gasteiger partial charge < -0.3 is 10.9 Å². The van der Waals surface area contributed by atoms with Gasteiger partial charge in [0, 0.05) is 12.6 Å². The summed E-state index contributed by atoms with van der Waals surface area (Å²) >= 11 is 0. The van der Waals surface area contributed by atoms with Gasteiger partial charge in [-0.3, -0.25) is 0 Å². The van der Waals surface area contributed by atoms with Crippen LogP contribution in [0.4, 0.5) is 0 Å². The second-order valence-corrected chi connectivity index (χ2v) is 3.42. The van der Waals surface area contributed by atoms with Crippen molar-refractivity contribution in [2.24, 2.45) is 10.9 Å². The first-order valence-corrected chi connectivity index (χ1v) is 4.61. The van der Waals surface area contributed by atoms with Gasteiger partial charge in [0.05, 0.1) is 11.2 Å². The summed E-state index contributed by atoms with van der Waals surface area (Å²) in [6.45, 7) is 1.93. The Morgan fingerprint density at radius 3 is 3.20 bits per heavy atom. The number of hydrogen-bond acceptors (Lipinski definition) is 3. The second-order valence-electron chi connectivity index (χ2n) is 3.42. The van der Waals surface area contributed by atoms with Gasteiger partial charge in [0.25, 0.3) is 0 Å². The van der Waals surface area contributed by atoms with Crippen molar-refractivity contribution in [3.8, 4) is 0 Å². The number of pyridine rings is 1. The third-order valence-electron chi connectivity index (χ3n) is 2.21. The molecule has 2 aromatic rings. The molecule has 2 rings (SSSR count). The van der Waals surface area contributed by atoms with Gasteiger partial charge in [0.15, 0.2) is 0 Å². The molecule has 0 saturated heterocycles. The molecule has 2 aromatic heterocycles. The molecule has 2 heterocycles. The van der Waals surface area contributed by atoms with Crippen molar-refractivity contribution in [2.75, 3.05) is 0 Å². The van der Waals surface area contributed by atoms with E-state index in [-0.39, 0.29) is 5.84 Å². The third kappa shape index (κ3) is 1.76. The minimum absolute atomic E-state index is 0.196. The fraction of sp³-hybridized carbons (Fsp3) is 0.200. The molecule has 78 valence electrons. The van der Waals surface area contributed by atoms with E-state index >= 15 is 0 Å². The summed E-state index contributed by atoms with van der Waals surface area (Å²) in [6.07, 6.45) is 2.30. The van der Waals surface area contributed by atoms with Crippen LogP contribution < -0.4 is 5.73 Å². The first-order valence-electron chi connectivity index (χ1n) is 4.61. The Hall–Kier alpha value is -2.04. The van der Waals surface area contributed by atoms with Gasteiger partial charge >= 0.3 is 0 Å². The highest BCUT2D eigenvalue weighted by atomic mass is 16.4. The Bertz CT molecular complexity index is 515. The van der Waals surface area contributed by atoms with Crippen molar-refractivity contribution >= 4 is 11.4 Å². The van der Waals surface area contributed by atoms with E-state index in [1.807, 2.05) is 31.3 Å². The van der Waals surface area contributed by atoms with E-state index in [4.69, 9.17) is 10.9 Å². The zero-order valence-electron chi connectivity index (χ0n) is 8.38. The van der Waals surface area contributed by atoms with E-state index in [2.05, 4.69) is 10.3 Å². The lowest BCUT2D eigenvalue weighted by Gasteiger charge is -2.01. The van der Waals surface area contributed by atoms with E-state index in [0.29, 0.717) is 6.42 Å². The summed E-state index contributed by atoms with van der Waals surface area (Å²) in [4.78, 5) is 0. The molecule has 0 radical (unpaired) electrons. The Morgan fingerprint density at radius 2 is 2.47 bits per heavy atom. The molecule has 15 heavy (non-hydrogen) atoms. The maximum absolute atomic E-state index is 8.51. The molecule has 0 saturated carbocycles. The van der Waals surface area contributed by atoms with Crippen molar-refractivity contribution in [3.63, 3.8) is 0 Å². The maximum Gasteiger partial charge on any atom is 0.143 e. The number of nitrogens with two attached hydrogens (primary N) is 1. The summed E-state index contributed by atoms with van der Waals surface area (Å²) < 4.78 is 1.79. The lowest BCUT2D eigenvalue weighted by molar-refractivity contribution is 0.317. The molecule has 0 atom stereocenters. The molecular formula is C10H12N4O. The van der Waals surface area contributed by atoms with Gasteiger partial charge in [-0.25, -0.2) is 4.52 Å². The quantitative estimate of drug-likeness (QED) is 0.331. The minimum Gasteiger partial charge on any atom is -0.409 e. The Morgan fingerprint density at radius 1 is 1.67 bits per heavy atom. The molecule has 3 N–H and O–H groups in total. The normalized spacial score (nSPS) is 12.2. The number of amidine groups is 1. The molecule has 0 fully saturated rings. The molecule has 0 aliphatic carbocycles. The molecule has 5 nitrogen and oxygen atoms in total. The van der Waals surface area contributed by atoms with Crippen molar-refractivity contribution in [3.05, 3.63) is 35.7 Å². The molecule has 0 aromatic carbocycles. The number of aromatic nitrogens is 2. The summed E-state index contributed by atoms with van der Waals surface area (Å²) in [5, 5.41) is 15.8. The Labute approximate surface area is 86.8 Å². The molecule has 0 aliphatic heterocycles. The van der Waals surface area contributed by atoms with Crippen molar-refractivity contribution in [2.45, 2.75) is 13.3 Å². The van der Waals surface area contributed by atoms with Crippen LogP contribution in [0.2, 0.25) is 0 Å². The molecule has 0 bridgehead atoms. The fourth-order valence-electron chi connectivity index (χ4n) is 1.58. The van der Waals surface area contributed by atoms with Crippen LogP contribution in [0.15, 0.2) is 29.6 Å². The number of oxime groups is 1. The second kappa shape index (κ2) is 3.61. The zero-order chi connectivity index (χ0) is 10.8. The number of aryl methyl sites for hydroxylation is 1. The van der Waals surface area contributed by atoms with Crippen LogP contribution >= 0.6 is 0 Å². The van der Waals surface area contributed by atoms with E-state index in [0.717, 1.165) is 16.8 Å². The third-order valence-corrected chi connectivity index (χ3v) is 2.21. The highest BCUT2D eigenvalue weighted by Gasteiger charge is 2.05. The first-order chi connectivity index (χ1) is 7.20. The highest BCUT2D eigenvalue weighted by Crippen LogP contribution is 2.12. The number of hydrogen-bond donors (Lipinski definition) is 2. The maximum atomic E-state index is 8.51. The van der Waals surface area contributed by atoms with Crippen LogP contribution in [0, 0.1) is 6.92 Å². The molecule has 5 heteroatoms. The SMILES string of the molecule is Cc1cc2c(C/C(N)=N/O)cccn2n1. The van der Waals surface area contributed by atoms with E-state index < -0.39 is 0 Å². The van der Waals surface area contributed by atoms with Gasteiger partial charge in [-0.15, -0.1) is 0 Å². The fourth-order valence-corrected chi connectivity index (χ4v) is 1.58.